The Hall–Kier alpha value is 0.180. The van der Waals surface area contributed by atoms with Gasteiger partial charge in [-0.2, -0.15) is 0 Å². The standard InChI is InChI=1S/C14H16Cl4O/c1-3-14(4-2)11(18)7-12(14)19-13-9(16)5-8(15)6-10(13)17/h5-6,11-12H,3-4,7H2,1-2H3. The summed E-state index contributed by atoms with van der Waals surface area (Å²) in [5.74, 6) is 0.507. The van der Waals surface area contributed by atoms with Gasteiger partial charge in [0.05, 0.1) is 10.0 Å². The van der Waals surface area contributed by atoms with E-state index in [4.69, 9.17) is 51.1 Å². The second-order valence-electron chi connectivity index (χ2n) is 4.95. The van der Waals surface area contributed by atoms with Crippen LogP contribution in [0.25, 0.3) is 0 Å². The Labute approximate surface area is 134 Å². The number of ether oxygens (including phenoxy) is 1. The molecule has 1 aromatic rings. The molecule has 0 radical (unpaired) electrons. The fourth-order valence-corrected chi connectivity index (χ4v) is 4.31. The van der Waals surface area contributed by atoms with Gasteiger partial charge in [-0.25, -0.2) is 0 Å². The molecule has 0 spiro atoms. The molecule has 1 fully saturated rings. The fraction of sp³-hybridized carbons (Fsp3) is 0.571. The Morgan fingerprint density at radius 1 is 1.16 bits per heavy atom. The van der Waals surface area contributed by atoms with Crippen LogP contribution in [0.5, 0.6) is 5.75 Å². The minimum Gasteiger partial charge on any atom is -0.487 e. The van der Waals surface area contributed by atoms with Crippen LogP contribution in [0.2, 0.25) is 15.1 Å². The summed E-state index contributed by atoms with van der Waals surface area (Å²) in [5.41, 5.74) is 0.00779. The molecule has 0 amide bonds. The van der Waals surface area contributed by atoms with Gasteiger partial charge in [-0.15, -0.1) is 11.6 Å². The summed E-state index contributed by atoms with van der Waals surface area (Å²) in [7, 11) is 0. The first-order chi connectivity index (χ1) is 8.94. The molecule has 19 heavy (non-hydrogen) atoms. The molecule has 1 aliphatic rings. The van der Waals surface area contributed by atoms with Crippen molar-refractivity contribution in [3.8, 4) is 5.75 Å². The van der Waals surface area contributed by atoms with Crippen LogP contribution < -0.4 is 4.74 Å². The van der Waals surface area contributed by atoms with E-state index in [1.807, 2.05) is 0 Å². The lowest BCUT2D eigenvalue weighted by Gasteiger charge is -2.52. The summed E-state index contributed by atoms with van der Waals surface area (Å²) in [6.07, 6.45) is 2.83. The van der Waals surface area contributed by atoms with Gasteiger partial charge in [-0.3, -0.25) is 0 Å². The van der Waals surface area contributed by atoms with E-state index in [2.05, 4.69) is 13.8 Å². The van der Waals surface area contributed by atoms with Crippen molar-refractivity contribution in [2.75, 3.05) is 0 Å². The summed E-state index contributed by atoms with van der Waals surface area (Å²) in [6, 6.07) is 3.28. The molecule has 5 heteroatoms. The number of hydrogen-bond donors (Lipinski definition) is 0. The molecule has 0 bridgehead atoms. The van der Waals surface area contributed by atoms with Crippen molar-refractivity contribution in [3.63, 3.8) is 0 Å². The number of hydrogen-bond acceptors (Lipinski definition) is 1. The zero-order valence-corrected chi connectivity index (χ0v) is 13.9. The highest BCUT2D eigenvalue weighted by atomic mass is 35.5. The summed E-state index contributed by atoms with van der Waals surface area (Å²) >= 11 is 24.6. The van der Waals surface area contributed by atoms with E-state index in [-0.39, 0.29) is 16.9 Å². The van der Waals surface area contributed by atoms with Gasteiger partial charge in [0.2, 0.25) is 0 Å². The largest absolute Gasteiger partial charge is 0.487 e. The number of rotatable bonds is 4. The number of benzene rings is 1. The Morgan fingerprint density at radius 2 is 1.68 bits per heavy atom. The lowest BCUT2D eigenvalue weighted by atomic mass is 9.62. The zero-order valence-electron chi connectivity index (χ0n) is 10.9. The topological polar surface area (TPSA) is 9.23 Å². The predicted molar refractivity (Wildman–Crippen MR) is 83.2 cm³/mol. The molecule has 0 aliphatic heterocycles. The molecule has 0 heterocycles. The molecule has 106 valence electrons. The predicted octanol–water partition coefficient (Wildman–Crippen LogP) is 6.21. The van der Waals surface area contributed by atoms with Crippen LogP contribution in [0.4, 0.5) is 0 Å². The summed E-state index contributed by atoms with van der Waals surface area (Å²) in [5, 5.41) is 1.54. The van der Waals surface area contributed by atoms with Crippen molar-refractivity contribution in [3.05, 3.63) is 27.2 Å². The molecular weight excluding hydrogens is 326 g/mol. The van der Waals surface area contributed by atoms with Gasteiger partial charge < -0.3 is 4.74 Å². The first-order valence-electron chi connectivity index (χ1n) is 6.39. The second-order valence-corrected chi connectivity index (χ2v) is 6.73. The molecular formula is C14H16Cl4O. The number of halogens is 4. The Morgan fingerprint density at radius 3 is 2.11 bits per heavy atom. The maximum absolute atomic E-state index is 6.37. The molecule has 1 aromatic carbocycles. The molecule has 1 saturated carbocycles. The van der Waals surface area contributed by atoms with Gasteiger partial charge in [-0.1, -0.05) is 48.7 Å². The normalized spacial score (nSPS) is 24.9. The van der Waals surface area contributed by atoms with E-state index < -0.39 is 0 Å². The highest BCUT2D eigenvalue weighted by Gasteiger charge is 2.53. The van der Waals surface area contributed by atoms with Gasteiger partial charge in [0.25, 0.3) is 0 Å². The van der Waals surface area contributed by atoms with E-state index in [9.17, 15) is 0 Å². The lowest BCUT2D eigenvalue weighted by Crippen LogP contribution is -2.56. The molecule has 0 saturated heterocycles. The average molecular weight is 342 g/mol. The van der Waals surface area contributed by atoms with Crippen LogP contribution in [0.3, 0.4) is 0 Å². The second kappa shape index (κ2) is 5.89. The molecule has 2 unspecified atom stereocenters. The summed E-state index contributed by atoms with van der Waals surface area (Å²) in [4.78, 5) is 0. The summed E-state index contributed by atoms with van der Waals surface area (Å²) in [6.45, 7) is 4.28. The monoisotopic (exact) mass is 340 g/mol. The van der Waals surface area contributed by atoms with Gasteiger partial charge in [0.15, 0.2) is 5.75 Å². The molecule has 2 atom stereocenters. The highest BCUT2D eigenvalue weighted by Crippen LogP contribution is 2.53. The van der Waals surface area contributed by atoms with Crippen molar-refractivity contribution < 1.29 is 4.74 Å². The van der Waals surface area contributed by atoms with Gasteiger partial charge in [-0.05, 0) is 25.0 Å². The third kappa shape index (κ3) is 2.68. The van der Waals surface area contributed by atoms with E-state index in [0.29, 0.717) is 20.8 Å². The Balaban J connectivity index is 2.23. The molecule has 1 aliphatic carbocycles. The highest BCUT2D eigenvalue weighted by molar-refractivity contribution is 6.40. The molecule has 2 rings (SSSR count). The minimum absolute atomic E-state index is 0.00779. The van der Waals surface area contributed by atoms with E-state index in [1.54, 1.807) is 12.1 Å². The van der Waals surface area contributed by atoms with Crippen LogP contribution in [-0.2, 0) is 0 Å². The van der Waals surface area contributed by atoms with E-state index in [0.717, 1.165) is 19.3 Å². The average Bonchev–Trinajstić information content (AvgIpc) is 2.33. The third-order valence-corrected chi connectivity index (χ3v) is 5.62. The Kier molecular flexibility index (Phi) is 4.83. The van der Waals surface area contributed by atoms with Crippen LogP contribution in [0, 0.1) is 5.41 Å². The van der Waals surface area contributed by atoms with E-state index >= 15 is 0 Å². The third-order valence-electron chi connectivity index (χ3n) is 4.23. The van der Waals surface area contributed by atoms with Crippen LogP contribution in [-0.4, -0.2) is 11.5 Å². The Bertz CT molecular complexity index is 448. The van der Waals surface area contributed by atoms with Crippen LogP contribution in [0.15, 0.2) is 12.1 Å². The molecule has 1 nitrogen and oxygen atoms in total. The summed E-state index contributed by atoms with van der Waals surface area (Å²) < 4.78 is 6.03. The minimum atomic E-state index is 0.00779. The fourth-order valence-electron chi connectivity index (χ4n) is 2.80. The van der Waals surface area contributed by atoms with Crippen molar-refractivity contribution in [1.29, 1.82) is 0 Å². The van der Waals surface area contributed by atoms with Crippen molar-refractivity contribution >= 4 is 46.4 Å². The van der Waals surface area contributed by atoms with Crippen LogP contribution in [0.1, 0.15) is 33.1 Å². The van der Waals surface area contributed by atoms with Gasteiger partial charge in [0, 0.05) is 22.2 Å². The zero-order chi connectivity index (χ0) is 14.2. The lowest BCUT2D eigenvalue weighted by molar-refractivity contribution is -0.0460. The maximum Gasteiger partial charge on any atom is 0.157 e. The van der Waals surface area contributed by atoms with Gasteiger partial charge in [0.1, 0.15) is 6.10 Å². The van der Waals surface area contributed by atoms with Crippen molar-refractivity contribution in [2.45, 2.75) is 44.6 Å². The first kappa shape index (κ1) is 15.6. The van der Waals surface area contributed by atoms with Gasteiger partial charge >= 0.3 is 0 Å². The SMILES string of the molecule is CCC1(CC)C(Cl)CC1Oc1c(Cl)cc(Cl)cc1Cl. The van der Waals surface area contributed by atoms with E-state index in [1.165, 1.54) is 0 Å². The molecule has 0 aromatic heterocycles. The smallest absolute Gasteiger partial charge is 0.157 e. The van der Waals surface area contributed by atoms with Crippen molar-refractivity contribution in [1.82, 2.24) is 0 Å². The quantitative estimate of drug-likeness (QED) is 0.591. The molecule has 0 N–H and O–H groups in total. The van der Waals surface area contributed by atoms with Crippen molar-refractivity contribution in [2.24, 2.45) is 5.41 Å². The van der Waals surface area contributed by atoms with Crippen LogP contribution >= 0.6 is 46.4 Å². The maximum atomic E-state index is 6.37. The number of alkyl halides is 1. The first-order valence-corrected chi connectivity index (χ1v) is 7.97.